The van der Waals surface area contributed by atoms with Crippen LogP contribution in [0.15, 0.2) is 54.6 Å². The number of nitrogens with zero attached hydrogens (tertiary/aromatic N) is 3. The Morgan fingerprint density at radius 3 is 2.79 bits per heavy atom. The van der Waals surface area contributed by atoms with Gasteiger partial charge in [0.1, 0.15) is 5.75 Å². The summed E-state index contributed by atoms with van der Waals surface area (Å²) >= 11 is 0. The topological polar surface area (TPSA) is 82.0 Å². The van der Waals surface area contributed by atoms with Crippen LogP contribution in [0.3, 0.4) is 0 Å². The number of benzene rings is 2. The van der Waals surface area contributed by atoms with Gasteiger partial charge in [0.2, 0.25) is 11.8 Å². The number of rotatable bonds is 6. The lowest BCUT2D eigenvalue weighted by molar-refractivity contribution is 0.0722. The molecule has 0 saturated carbocycles. The van der Waals surface area contributed by atoms with Crippen LogP contribution in [-0.4, -0.2) is 32.8 Å². The largest absolute Gasteiger partial charge is 0.497 e. The van der Waals surface area contributed by atoms with Gasteiger partial charge in [-0.3, -0.25) is 0 Å². The fourth-order valence-corrected chi connectivity index (χ4v) is 2.96. The summed E-state index contributed by atoms with van der Waals surface area (Å²) in [4.78, 5) is 20.4. The van der Waals surface area contributed by atoms with Crippen molar-refractivity contribution in [3.8, 4) is 17.6 Å². The number of carbonyl (C=O) groups excluding carboxylic acids is 1. The number of ether oxygens (including phenoxy) is 2. The third-order valence-electron chi connectivity index (χ3n) is 4.31. The molecule has 0 spiro atoms. The van der Waals surface area contributed by atoms with Gasteiger partial charge in [-0.15, -0.1) is 0 Å². The number of aromatic nitrogens is 4. The van der Waals surface area contributed by atoms with Gasteiger partial charge < -0.3 is 14.5 Å². The quantitative estimate of drug-likeness (QED) is 0.516. The first-order valence-corrected chi connectivity index (χ1v) is 9.08. The lowest BCUT2D eigenvalue weighted by atomic mass is 10.2. The summed E-state index contributed by atoms with van der Waals surface area (Å²) in [6.45, 7) is 2.07. The molecule has 0 aliphatic heterocycles. The van der Waals surface area contributed by atoms with E-state index in [1.807, 2.05) is 24.3 Å². The summed E-state index contributed by atoms with van der Waals surface area (Å²) < 4.78 is 12.4. The first kappa shape index (κ1) is 17.8. The first-order chi connectivity index (χ1) is 13.7. The van der Waals surface area contributed by atoms with Crippen LogP contribution in [-0.2, 0) is 6.42 Å². The molecule has 28 heavy (non-hydrogen) atoms. The molecule has 7 nitrogen and oxygen atoms in total. The van der Waals surface area contributed by atoms with E-state index >= 15 is 0 Å². The van der Waals surface area contributed by atoms with Crippen LogP contribution < -0.4 is 9.47 Å². The van der Waals surface area contributed by atoms with Gasteiger partial charge in [0.15, 0.2) is 0 Å². The second-order valence-electron chi connectivity index (χ2n) is 6.33. The minimum Gasteiger partial charge on any atom is -0.497 e. The average molecular weight is 376 g/mol. The Balaban J connectivity index is 1.70. The van der Waals surface area contributed by atoms with Crippen molar-refractivity contribution < 1.29 is 14.3 Å². The monoisotopic (exact) mass is 376 g/mol. The van der Waals surface area contributed by atoms with Crippen LogP contribution >= 0.6 is 0 Å². The minimum atomic E-state index is -0.487. The fourth-order valence-electron chi connectivity index (χ4n) is 2.96. The summed E-state index contributed by atoms with van der Waals surface area (Å²) in [5.74, 6) is 0.915. The average Bonchev–Trinajstić information content (AvgIpc) is 3.32. The van der Waals surface area contributed by atoms with Crippen molar-refractivity contribution in [3.63, 3.8) is 0 Å². The number of nitrogens with one attached hydrogen (secondary N) is 1. The molecule has 0 atom stereocenters. The standard InChI is InChI=1S/C21H20N4O3/c1-3-7-15-13-19(28-20(26)14-8-6-9-16(12-14)27-2)25(24-15)21-22-17-10-4-5-11-18(17)23-21/h4-6,8-13H,3,7H2,1-2H3,(H,22,23). The zero-order valence-electron chi connectivity index (χ0n) is 15.7. The van der Waals surface area contributed by atoms with Crippen molar-refractivity contribution in [3.05, 3.63) is 65.9 Å². The van der Waals surface area contributed by atoms with E-state index in [1.165, 1.54) is 4.68 Å². The van der Waals surface area contributed by atoms with Crippen LogP contribution in [0, 0.1) is 0 Å². The molecule has 2 aromatic heterocycles. The van der Waals surface area contributed by atoms with E-state index in [4.69, 9.17) is 9.47 Å². The number of fused-ring (bicyclic) bond motifs is 1. The molecule has 0 aliphatic rings. The summed E-state index contributed by atoms with van der Waals surface area (Å²) in [6.07, 6.45) is 1.71. The number of imidazole rings is 1. The van der Waals surface area contributed by atoms with Gasteiger partial charge in [0.25, 0.3) is 0 Å². The number of hydrogen-bond acceptors (Lipinski definition) is 5. The van der Waals surface area contributed by atoms with Crippen molar-refractivity contribution in [2.75, 3.05) is 7.11 Å². The maximum absolute atomic E-state index is 12.7. The summed E-state index contributed by atoms with van der Waals surface area (Å²) in [5.41, 5.74) is 2.93. The molecule has 7 heteroatoms. The molecule has 1 N–H and O–H groups in total. The number of para-hydroxylation sites is 2. The Labute approximate surface area is 161 Å². The molecule has 0 amide bonds. The molecule has 0 bridgehead atoms. The van der Waals surface area contributed by atoms with Crippen LogP contribution in [0.1, 0.15) is 29.4 Å². The van der Waals surface area contributed by atoms with Gasteiger partial charge >= 0.3 is 5.97 Å². The Bertz CT molecular complexity index is 1100. The molecule has 0 unspecified atom stereocenters. The lowest BCUT2D eigenvalue weighted by Crippen LogP contribution is -2.12. The molecule has 0 aliphatic carbocycles. The van der Waals surface area contributed by atoms with Crippen molar-refractivity contribution in [2.24, 2.45) is 0 Å². The highest BCUT2D eigenvalue weighted by molar-refractivity contribution is 5.91. The molecule has 4 aromatic rings. The molecule has 4 rings (SSSR count). The number of methoxy groups -OCH3 is 1. The van der Waals surface area contributed by atoms with E-state index in [2.05, 4.69) is 22.0 Å². The maximum Gasteiger partial charge on any atom is 0.344 e. The van der Waals surface area contributed by atoms with Crippen molar-refractivity contribution >= 4 is 17.0 Å². The van der Waals surface area contributed by atoms with E-state index in [1.54, 1.807) is 37.4 Å². The van der Waals surface area contributed by atoms with Gasteiger partial charge in [0, 0.05) is 6.07 Å². The number of carbonyl (C=O) groups is 1. The summed E-state index contributed by atoms with van der Waals surface area (Å²) in [6, 6.07) is 16.3. The van der Waals surface area contributed by atoms with Crippen molar-refractivity contribution in [1.82, 2.24) is 19.7 Å². The summed E-state index contributed by atoms with van der Waals surface area (Å²) in [7, 11) is 1.55. The molecular formula is C21H20N4O3. The zero-order chi connectivity index (χ0) is 19.5. The Morgan fingerprint density at radius 1 is 1.14 bits per heavy atom. The molecule has 0 saturated heterocycles. The van der Waals surface area contributed by atoms with Gasteiger partial charge in [-0.05, 0) is 36.8 Å². The Kier molecular flexibility index (Phi) is 4.80. The lowest BCUT2D eigenvalue weighted by Gasteiger charge is -2.06. The number of H-pyrrole nitrogens is 1. The number of aryl methyl sites for hydroxylation is 1. The van der Waals surface area contributed by atoms with E-state index in [-0.39, 0.29) is 0 Å². The maximum atomic E-state index is 12.7. The normalized spacial score (nSPS) is 10.9. The second-order valence-corrected chi connectivity index (χ2v) is 6.33. The smallest absolute Gasteiger partial charge is 0.344 e. The highest BCUT2D eigenvalue weighted by Crippen LogP contribution is 2.23. The number of esters is 1. The molecule has 2 aromatic carbocycles. The van der Waals surface area contributed by atoms with Gasteiger partial charge in [-0.1, -0.05) is 31.5 Å². The summed E-state index contributed by atoms with van der Waals surface area (Å²) in [5, 5.41) is 4.57. The van der Waals surface area contributed by atoms with Gasteiger partial charge in [-0.25, -0.2) is 9.78 Å². The van der Waals surface area contributed by atoms with Crippen molar-refractivity contribution in [1.29, 1.82) is 0 Å². The van der Waals surface area contributed by atoms with Crippen LogP contribution in [0.2, 0.25) is 0 Å². The van der Waals surface area contributed by atoms with Crippen LogP contribution in [0.25, 0.3) is 17.0 Å². The van der Waals surface area contributed by atoms with E-state index in [9.17, 15) is 4.79 Å². The molecule has 2 heterocycles. The first-order valence-electron chi connectivity index (χ1n) is 9.08. The van der Waals surface area contributed by atoms with Gasteiger partial charge in [0.05, 0.1) is 29.4 Å². The molecule has 142 valence electrons. The third-order valence-corrected chi connectivity index (χ3v) is 4.31. The highest BCUT2D eigenvalue weighted by atomic mass is 16.5. The van der Waals surface area contributed by atoms with Crippen LogP contribution in [0.5, 0.6) is 11.6 Å². The van der Waals surface area contributed by atoms with Gasteiger partial charge in [-0.2, -0.15) is 9.78 Å². The van der Waals surface area contributed by atoms with E-state index in [0.717, 1.165) is 29.6 Å². The predicted molar refractivity (Wildman–Crippen MR) is 105 cm³/mol. The number of hydrogen-bond donors (Lipinski definition) is 1. The van der Waals surface area contributed by atoms with Crippen LogP contribution in [0.4, 0.5) is 0 Å². The minimum absolute atomic E-state index is 0.315. The Hall–Kier alpha value is -3.61. The zero-order valence-corrected chi connectivity index (χ0v) is 15.7. The Morgan fingerprint density at radius 2 is 2.00 bits per heavy atom. The molecular weight excluding hydrogens is 356 g/mol. The number of aromatic amines is 1. The highest BCUT2D eigenvalue weighted by Gasteiger charge is 2.18. The molecule has 0 fully saturated rings. The van der Waals surface area contributed by atoms with E-state index in [0.29, 0.717) is 23.1 Å². The SMILES string of the molecule is CCCc1cc(OC(=O)c2cccc(OC)c2)n(-c2nc3ccccc3[nH]2)n1. The van der Waals surface area contributed by atoms with Crippen molar-refractivity contribution in [2.45, 2.75) is 19.8 Å². The third kappa shape index (κ3) is 3.46. The second kappa shape index (κ2) is 7.56. The molecule has 0 radical (unpaired) electrons. The van der Waals surface area contributed by atoms with E-state index < -0.39 is 5.97 Å². The fraction of sp³-hybridized carbons (Fsp3) is 0.190. The predicted octanol–water partition coefficient (Wildman–Crippen LogP) is 3.93.